The number of aliphatic imine (C=N–C) groups is 1. The van der Waals surface area contributed by atoms with Crippen LogP contribution < -0.4 is 21.1 Å². The van der Waals surface area contributed by atoms with Crippen molar-refractivity contribution in [2.45, 2.75) is 72.3 Å². The summed E-state index contributed by atoms with van der Waals surface area (Å²) in [5.41, 5.74) is 2.44. The van der Waals surface area contributed by atoms with Crippen LogP contribution in [0.2, 0.25) is 0 Å². The summed E-state index contributed by atoms with van der Waals surface area (Å²) in [7, 11) is 1.66. The summed E-state index contributed by atoms with van der Waals surface area (Å²) in [6.07, 6.45) is 19.2. The van der Waals surface area contributed by atoms with Gasteiger partial charge in [-0.05, 0) is 75.5 Å². The van der Waals surface area contributed by atoms with Crippen molar-refractivity contribution in [2.24, 2.45) is 10.9 Å². The van der Waals surface area contributed by atoms with Crippen molar-refractivity contribution in [3.63, 3.8) is 0 Å². The van der Waals surface area contributed by atoms with Crippen LogP contribution >= 0.6 is 0 Å². The van der Waals surface area contributed by atoms with Crippen molar-refractivity contribution in [1.29, 1.82) is 10.8 Å². The molecule has 1 fully saturated rings. The lowest BCUT2D eigenvalue weighted by Gasteiger charge is -2.28. The number of rotatable bonds is 12. The highest BCUT2D eigenvalue weighted by Gasteiger charge is 2.22. The molecule has 0 unspecified atom stereocenters. The molecule has 192 valence electrons. The first-order valence-electron chi connectivity index (χ1n) is 12.9. The summed E-state index contributed by atoms with van der Waals surface area (Å²) >= 11 is 0. The van der Waals surface area contributed by atoms with Gasteiger partial charge in [-0.2, -0.15) is 0 Å². The maximum Gasteiger partial charge on any atom is 0.0925 e. The fourth-order valence-electron chi connectivity index (χ4n) is 4.45. The van der Waals surface area contributed by atoms with Gasteiger partial charge in [0, 0.05) is 29.6 Å². The summed E-state index contributed by atoms with van der Waals surface area (Å²) in [4.78, 5) is 4.81. The van der Waals surface area contributed by atoms with Gasteiger partial charge >= 0.3 is 0 Å². The number of nitrogens with zero attached hydrogens (tertiary/aromatic N) is 2. The van der Waals surface area contributed by atoms with E-state index in [-0.39, 0.29) is 0 Å². The van der Waals surface area contributed by atoms with E-state index in [0.717, 1.165) is 64.3 Å². The zero-order valence-electron chi connectivity index (χ0n) is 22.7. The summed E-state index contributed by atoms with van der Waals surface area (Å²) in [6, 6.07) is 0.349. The van der Waals surface area contributed by atoms with E-state index >= 15 is 0 Å². The standard InChI is InChI=1S/C31H42N4O/c1-8-13-27-28(20-32)31(35(26-14-12-15-26)30(27)19-16-22(5)36-7)23(6)34-21-24(9-2)17-18-29(33)25(10-3)11-4/h8-9,13,16-17,19,21,25-26,32-33H,1-2,10-12,14-15,18H2,3-7H3/b22-16+,24-17?,27-13+,30-19+,31-23?,33-29?,34-21?. The van der Waals surface area contributed by atoms with Gasteiger partial charge in [-0.15, -0.1) is 0 Å². The van der Waals surface area contributed by atoms with Gasteiger partial charge in [-0.1, -0.05) is 51.3 Å². The summed E-state index contributed by atoms with van der Waals surface area (Å²) in [5, 5.41) is 20.0. The van der Waals surface area contributed by atoms with Gasteiger partial charge in [0.25, 0.3) is 0 Å². The van der Waals surface area contributed by atoms with Gasteiger partial charge in [-0.3, -0.25) is 10.4 Å². The average molecular weight is 487 g/mol. The quantitative estimate of drug-likeness (QED) is 0.253. The first-order chi connectivity index (χ1) is 17.4. The number of hydrogen-bond acceptors (Lipinski definition) is 4. The van der Waals surface area contributed by atoms with Gasteiger partial charge in [0.2, 0.25) is 0 Å². The molecule has 5 heteroatoms. The lowest BCUT2D eigenvalue weighted by atomic mass is 9.93. The fourth-order valence-corrected chi connectivity index (χ4v) is 4.45. The van der Waals surface area contributed by atoms with E-state index < -0.39 is 0 Å². The monoisotopic (exact) mass is 486 g/mol. The molecule has 2 rings (SSSR count). The predicted molar refractivity (Wildman–Crippen MR) is 155 cm³/mol. The number of ether oxygens (including phenoxy) is 1. The SMILES string of the molecule is C=C\C=c1/c(=C=N)c(=C(C)N=CC(C=C)=CCC(=N)C(CC)CC)n(C2CCC2)/c1=C/C=C(\C)OC. The first kappa shape index (κ1) is 28.8. The van der Waals surface area contributed by atoms with E-state index in [0.29, 0.717) is 23.6 Å². The van der Waals surface area contributed by atoms with Crippen LogP contribution in [0, 0.1) is 16.7 Å². The van der Waals surface area contributed by atoms with Crippen molar-refractivity contribution in [1.82, 2.24) is 4.57 Å². The van der Waals surface area contributed by atoms with Crippen LogP contribution in [0.1, 0.15) is 72.3 Å². The Kier molecular flexibility index (Phi) is 11.4. The van der Waals surface area contributed by atoms with Gasteiger partial charge < -0.3 is 14.7 Å². The number of aromatic nitrogens is 1. The Morgan fingerprint density at radius 1 is 1.22 bits per heavy atom. The van der Waals surface area contributed by atoms with Gasteiger partial charge in [-0.25, -0.2) is 0 Å². The van der Waals surface area contributed by atoms with E-state index in [4.69, 9.17) is 20.5 Å². The third-order valence-electron chi connectivity index (χ3n) is 6.95. The molecule has 0 spiro atoms. The van der Waals surface area contributed by atoms with Crippen LogP contribution in [0.15, 0.2) is 53.8 Å². The second-order valence-corrected chi connectivity index (χ2v) is 9.15. The molecule has 1 aliphatic carbocycles. The van der Waals surface area contributed by atoms with Crippen molar-refractivity contribution in [3.05, 3.63) is 69.9 Å². The largest absolute Gasteiger partial charge is 0.501 e. The molecule has 5 nitrogen and oxygen atoms in total. The van der Waals surface area contributed by atoms with E-state index in [2.05, 4.69) is 37.4 Å². The van der Waals surface area contributed by atoms with Crippen LogP contribution in [0.25, 0.3) is 17.8 Å². The highest BCUT2D eigenvalue weighted by Crippen LogP contribution is 2.28. The molecular formula is C31H42N4O. The van der Waals surface area contributed by atoms with Crippen molar-refractivity contribution in [3.8, 4) is 0 Å². The van der Waals surface area contributed by atoms with Crippen LogP contribution in [0.4, 0.5) is 0 Å². The second kappa shape index (κ2) is 14.2. The van der Waals surface area contributed by atoms with Crippen molar-refractivity contribution < 1.29 is 4.74 Å². The highest BCUT2D eigenvalue weighted by molar-refractivity contribution is 5.89. The lowest BCUT2D eigenvalue weighted by molar-refractivity contribution is 0.294. The smallest absolute Gasteiger partial charge is 0.0925 e. The van der Waals surface area contributed by atoms with Gasteiger partial charge in [0.05, 0.1) is 34.5 Å². The van der Waals surface area contributed by atoms with E-state index in [1.54, 1.807) is 19.3 Å². The maximum atomic E-state index is 8.38. The third kappa shape index (κ3) is 6.83. The predicted octanol–water partition coefficient (Wildman–Crippen LogP) is 4.59. The minimum Gasteiger partial charge on any atom is -0.501 e. The number of nitrogens with one attached hydrogen (secondary N) is 2. The molecule has 1 aromatic heterocycles. The molecule has 2 N–H and O–H groups in total. The maximum absolute atomic E-state index is 8.38. The highest BCUT2D eigenvalue weighted by atomic mass is 16.5. The summed E-state index contributed by atoms with van der Waals surface area (Å²) < 4.78 is 7.65. The fraction of sp³-hybridized carbons (Fsp3) is 0.419. The Labute approximate surface area is 216 Å². The van der Waals surface area contributed by atoms with Crippen molar-refractivity contribution >= 4 is 35.6 Å². The number of hydrogen-bond donors (Lipinski definition) is 2. The van der Waals surface area contributed by atoms with E-state index in [1.807, 2.05) is 44.4 Å². The Morgan fingerprint density at radius 3 is 2.42 bits per heavy atom. The number of methoxy groups -OCH3 is 1. The molecule has 1 aliphatic rings. The third-order valence-corrected chi connectivity index (χ3v) is 6.95. The zero-order valence-corrected chi connectivity index (χ0v) is 22.7. The van der Waals surface area contributed by atoms with Crippen LogP contribution in [0.5, 0.6) is 0 Å². The lowest BCUT2D eigenvalue weighted by Crippen LogP contribution is -2.40. The van der Waals surface area contributed by atoms with E-state index in [9.17, 15) is 0 Å². The average Bonchev–Trinajstić information content (AvgIpc) is 3.14. The van der Waals surface area contributed by atoms with Crippen LogP contribution in [-0.2, 0) is 4.74 Å². The Hall–Kier alpha value is -3.43. The topological polar surface area (TPSA) is 74.2 Å². The molecule has 0 aliphatic heterocycles. The number of allylic oxidation sites excluding steroid dienone is 6. The molecule has 1 saturated carbocycles. The molecule has 0 amide bonds. The molecule has 36 heavy (non-hydrogen) atoms. The Bertz CT molecular complexity index is 1320. The molecule has 0 radical (unpaired) electrons. The molecule has 1 aromatic rings. The van der Waals surface area contributed by atoms with Crippen LogP contribution in [0.3, 0.4) is 0 Å². The Morgan fingerprint density at radius 2 is 1.92 bits per heavy atom. The molecule has 0 bridgehead atoms. The molecule has 1 heterocycles. The molecule has 0 aromatic carbocycles. The van der Waals surface area contributed by atoms with E-state index in [1.165, 1.54) is 6.42 Å². The summed E-state index contributed by atoms with van der Waals surface area (Å²) in [6.45, 7) is 16.0. The minimum absolute atomic E-state index is 0.319. The van der Waals surface area contributed by atoms with Crippen LogP contribution in [-0.4, -0.2) is 29.5 Å². The normalized spacial score (nSPS) is 16.8. The first-order valence-corrected chi connectivity index (χ1v) is 12.9. The zero-order chi connectivity index (χ0) is 26.7. The summed E-state index contributed by atoms with van der Waals surface area (Å²) in [5.74, 6) is 3.81. The minimum atomic E-state index is 0.319. The second-order valence-electron chi connectivity index (χ2n) is 9.15. The molecule has 0 saturated heterocycles. The van der Waals surface area contributed by atoms with Crippen molar-refractivity contribution in [2.75, 3.05) is 7.11 Å². The molecule has 0 atom stereocenters. The van der Waals surface area contributed by atoms with Gasteiger partial charge in [0.1, 0.15) is 0 Å². The Balaban J connectivity index is 2.75. The van der Waals surface area contributed by atoms with Gasteiger partial charge in [0.15, 0.2) is 0 Å². The molecular weight excluding hydrogens is 444 g/mol.